The molecule has 1 saturated carbocycles. The Bertz CT molecular complexity index is 458. The zero-order valence-corrected chi connectivity index (χ0v) is 10.4. The minimum absolute atomic E-state index is 0.166. The van der Waals surface area contributed by atoms with Gasteiger partial charge in [0.15, 0.2) is 11.6 Å². The van der Waals surface area contributed by atoms with Crippen molar-refractivity contribution >= 4 is 11.7 Å². The third-order valence-electron chi connectivity index (χ3n) is 3.55. The fourth-order valence-electron chi connectivity index (χ4n) is 2.19. The summed E-state index contributed by atoms with van der Waals surface area (Å²) in [4.78, 5) is 12.6. The molecule has 4 nitrogen and oxygen atoms in total. The largest absolute Gasteiger partial charge is 0.494 e. The summed E-state index contributed by atoms with van der Waals surface area (Å²) in [7, 11) is 3.27. The fourth-order valence-corrected chi connectivity index (χ4v) is 2.19. The lowest BCUT2D eigenvalue weighted by molar-refractivity contribution is -0.145. The third kappa shape index (κ3) is 2.25. The SMILES string of the molecule is COc1ccc(N(C)C2CC(C(=O)O)C2)cc1F. The highest BCUT2D eigenvalue weighted by Crippen LogP contribution is 2.34. The van der Waals surface area contributed by atoms with Gasteiger partial charge in [0, 0.05) is 24.8 Å². The van der Waals surface area contributed by atoms with Crippen LogP contribution in [0.3, 0.4) is 0 Å². The van der Waals surface area contributed by atoms with E-state index in [1.54, 1.807) is 12.1 Å². The van der Waals surface area contributed by atoms with Crippen LogP contribution in [-0.2, 0) is 4.79 Å². The quantitative estimate of drug-likeness (QED) is 0.893. The number of hydrogen-bond acceptors (Lipinski definition) is 3. The molecule has 98 valence electrons. The molecule has 5 heteroatoms. The van der Waals surface area contributed by atoms with Crippen molar-refractivity contribution in [3.63, 3.8) is 0 Å². The van der Waals surface area contributed by atoms with Crippen LogP contribution in [0, 0.1) is 11.7 Å². The smallest absolute Gasteiger partial charge is 0.306 e. The zero-order chi connectivity index (χ0) is 13.3. The molecule has 0 atom stereocenters. The number of benzene rings is 1. The normalized spacial score (nSPS) is 22.2. The number of rotatable bonds is 4. The van der Waals surface area contributed by atoms with E-state index in [0.717, 1.165) is 5.69 Å². The predicted molar refractivity (Wildman–Crippen MR) is 65.5 cm³/mol. The van der Waals surface area contributed by atoms with Gasteiger partial charge in [-0.3, -0.25) is 4.79 Å². The first-order valence-corrected chi connectivity index (χ1v) is 5.82. The van der Waals surface area contributed by atoms with E-state index in [0.29, 0.717) is 12.8 Å². The number of aliphatic carboxylic acids is 1. The van der Waals surface area contributed by atoms with Crippen LogP contribution in [0.25, 0.3) is 0 Å². The molecule has 1 fully saturated rings. The molecule has 0 aromatic heterocycles. The molecule has 1 aliphatic rings. The van der Waals surface area contributed by atoms with Crippen molar-refractivity contribution in [3.05, 3.63) is 24.0 Å². The molecule has 1 aromatic rings. The van der Waals surface area contributed by atoms with Crippen LogP contribution in [0.2, 0.25) is 0 Å². The number of carbonyl (C=O) groups is 1. The van der Waals surface area contributed by atoms with Crippen LogP contribution in [-0.4, -0.2) is 31.3 Å². The zero-order valence-electron chi connectivity index (χ0n) is 10.4. The van der Waals surface area contributed by atoms with Crippen LogP contribution in [0.5, 0.6) is 5.75 Å². The van der Waals surface area contributed by atoms with Gasteiger partial charge in [-0.05, 0) is 25.0 Å². The number of ether oxygens (including phenoxy) is 1. The third-order valence-corrected chi connectivity index (χ3v) is 3.55. The number of hydrogen-bond donors (Lipinski definition) is 1. The Morgan fingerprint density at radius 3 is 2.67 bits per heavy atom. The van der Waals surface area contributed by atoms with Crippen LogP contribution in [0.4, 0.5) is 10.1 Å². The number of anilines is 1. The minimum Gasteiger partial charge on any atom is -0.494 e. The van der Waals surface area contributed by atoms with Crippen LogP contribution in [0.15, 0.2) is 18.2 Å². The average molecular weight is 253 g/mol. The topological polar surface area (TPSA) is 49.8 Å². The molecule has 0 unspecified atom stereocenters. The first-order valence-electron chi connectivity index (χ1n) is 5.82. The summed E-state index contributed by atoms with van der Waals surface area (Å²) in [5.41, 5.74) is 0.738. The van der Waals surface area contributed by atoms with E-state index in [-0.39, 0.29) is 17.7 Å². The van der Waals surface area contributed by atoms with Crippen molar-refractivity contribution in [2.75, 3.05) is 19.1 Å². The Morgan fingerprint density at radius 1 is 1.50 bits per heavy atom. The summed E-state index contributed by atoms with van der Waals surface area (Å²) in [6.45, 7) is 0. The van der Waals surface area contributed by atoms with Gasteiger partial charge < -0.3 is 14.7 Å². The minimum atomic E-state index is -0.749. The molecular weight excluding hydrogens is 237 g/mol. The maximum atomic E-state index is 13.6. The summed E-state index contributed by atoms with van der Waals surface area (Å²) in [5, 5.41) is 8.82. The van der Waals surface area contributed by atoms with Gasteiger partial charge in [-0.1, -0.05) is 0 Å². The van der Waals surface area contributed by atoms with Crippen LogP contribution < -0.4 is 9.64 Å². The Hall–Kier alpha value is -1.78. The van der Waals surface area contributed by atoms with E-state index in [1.807, 2.05) is 11.9 Å². The monoisotopic (exact) mass is 253 g/mol. The number of carboxylic acids is 1. The second kappa shape index (κ2) is 4.84. The maximum Gasteiger partial charge on any atom is 0.306 e. The molecule has 0 spiro atoms. The average Bonchev–Trinajstić information content (AvgIpc) is 2.26. The summed E-state index contributed by atoms with van der Waals surface area (Å²) in [6.07, 6.45) is 1.22. The van der Waals surface area contributed by atoms with E-state index < -0.39 is 11.8 Å². The van der Waals surface area contributed by atoms with Crippen molar-refractivity contribution in [2.45, 2.75) is 18.9 Å². The number of carboxylic acid groups (broad SMARTS) is 1. The summed E-state index contributed by atoms with van der Waals surface area (Å²) in [6, 6.07) is 4.93. The van der Waals surface area contributed by atoms with Crippen molar-refractivity contribution in [1.82, 2.24) is 0 Å². The van der Waals surface area contributed by atoms with Gasteiger partial charge in [0.05, 0.1) is 13.0 Å². The van der Waals surface area contributed by atoms with E-state index >= 15 is 0 Å². The second-order valence-corrected chi connectivity index (χ2v) is 4.59. The molecule has 1 aromatic carbocycles. The lowest BCUT2D eigenvalue weighted by Crippen LogP contribution is -2.45. The Kier molecular flexibility index (Phi) is 3.41. The van der Waals surface area contributed by atoms with Crippen molar-refractivity contribution in [1.29, 1.82) is 0 Å². The fraction of sp³-hybridized carbons (Fsp3) is 0.462. The molecule has 0 radical (unpaired) electrons. The molecule has 18 heavy (non-hydrogen) atoms. The number of halogens is 1. The number of nitrogens with zero attached hydrogens (tertiary/aromatic N) is 1. The standard InChI is InChI=1S/C13H16FNO3/c1-15(10-5-8(6-10)13(16)17)9-3-4-12(18-2)11(14)7-9/h3-4,7-8,10H,5-6H2,1-2H3,(H,16,17). The van der Waals surface area contributed by atoms with Crippen LogP contribution >= 0.6 is 0 Å². The van der Waals surface area contributed by atoms with Gasteiger partial charge >= 0.3 is 5.97 Å². The Morgan fingerprint density at radius 2 is 2.17 bits per heavy atom. The van der Waals surface area contributed by atoms with Gasteiger partial charge in [-0.2, -0.15) is 0 Å². The van der Waals surface area contributed by atoms with Crippen LogP contribution in [0.1, 0.15) is 12.8 Å². The molecule has 1 aliphatic carbocycles. The molecule has 0 amide bonds. The lowest BCUT2D eigenvalue weighted by atomic mass is 9.79. The summed E-state index contributed by atoms with van der Waals surface area (Å²) >= 11 is 0. The molecule has 1 N–H and O–H groups in total. The van der Waals surface area contributed by atoms with Crippen molar-refractivity contribution in [3.8, 4) is 5.75 Å². The Labute approximate surface area is 105 Å². The first kappa shape index (κ1) is 12.7. The second-order valence-electron chi connectivity index (χ2n) is 4.59. The van der Waals surface area contributed by atoms with Crippen molar-refractivity contribution in [2.24, 2.45) is 5.92 Å². The molecule has 0 aliphatic heterocycles. The molecule has 0 bridgehead atoms. The van der Waals surface area contributed by atoms with Gasteiger partial charge in [0.2, 0.25) is 0 Å². The van der Waals surface area contributed by atoms with E-state index in [4.69, 9.17) is 9.84 Å². The summed E-state index contributed by atoms with van der Waals surface area (Å²) in [5.74, 6) is -1.21. The predicted octanol–water partition coefficient (Wildman–Crippen LogP) is 2.13. The molecule has 2 rings (SSSR count). The van der Waals surface area contributed by atoms with Gasteiger partial charge in [-0.25, -0.2) is 4.39 Å². The van der Waals surface area contributed by atoms with Crippen molar-refractivity contribution < 1.29 is 19.0 Å². The van der Waals surface area contributed by atoms with E-state index in [2.05, 4.69) is 0 Å². The maximum absolute atomic E-state index is 13.6. The number of methoxy groups -OCH3 is 1. The van der Waals surface area contributed by atoms with E-state index in [1.165, 1.54) is 13.2 Å². The van der Waals surface area contributed by atoms with Gasteiger partial charge in [0.25, 0.3) is 0 Å². The first-order chi connectivity index (χ1) is 8.52. The van der Waals surface area contributed by atoms with E-state index in [9.17, 15) is 9.18 Å². The molecular formula is C13H16FNO3. The Balaban J connectivity index is 2.04. The molecule has 0 heterocycles. The van der Waals surface area contributed by atoms with Gasteiger partial charge in [0.1, 0.15) is 0 Å². The van der Waals surface area contributed by atoms with Gasteiger partial charge in [-0.15, -0.1) is 0 Å². The highest BCUT2D eigenvalue weighted by Gasteiger charge is 2.36. The highest BCUT2D eigenvalue weighted by atomic mass is 19.1. The summed E-state index contributed by atoms with van der Waals surface area (Å²) < 4.78 is 18.4. The lowest BCUT2D eigenvalue weighted by Gasteiger charge is -2.40. The molecule has 0 saturated heterocycles. The highest BCUT2D eigenvalue weighted by molar-refractivity contribution is 5.71.